The zero-order valence-electron chi connectivity index (χ0n) is 14.4. The fourth-order valence-corrected chi connectivity index (χ4v) is 2.96. The molecule has 2 aliphatic rings. The van der Waals surface area contributed by atoms with Crippen molar-refractivity contribution in [2.75, 3.05) is 59.6 Å². The maximum Gasteiger partial charge on any atom is 0.315 e. The van der Waals surface area contributed by atoms with Crippen molar-refractivity contribution >= 4 is 11.9 Å². The highest BCUT2D eigenvalue weighted by atomic mass is 16.5. The minimum absolute atomic E-state index is 0.0931. The van der Waals surface area contributed by atoms with E-state index < -0.39 is 12.1 Å². The second-order valence-electron chi connectivity index (χ2n) is 6.17. The molecule has 2 saturated heterocycles. The number of rotatable bonds is 6. The number of urea groups is 1. The fourth-order valence-electron chi connectivity index (χ4n) is 2.96. The highest BCUT2D eigenvalue weighted by molar-refractivity contribution is 5.74. The van der Waals surface area contributed by atoms with E-state index >= 15 is 0 Å². The molecule has 0 spiro atoms. The van der Waals surface area contributed by atoms with E-state index in [0.717, 1.165) is 13.1 Å². The van der Waals surface area contributed by atoms with Gasteiger partial charge in [0.1, 0.15) is 6.10 Å². The van der Waals surface area contributed by atoms with Crippen molar-refractivity contribution in [2.45, 2.75) is 25.2 Å². The number of nitrogens with zero attached hydrogens (tertiary/aromatic N) is 2. The summed E-state index contributed by atoms with van der Waals surface area (Å²) in [6.45, 7) is 6.23. The summed E-state index contributed by atoms with van der Waals surface area (Å²) in [6, 6.07) is -0.758. The molecule has 0 radical (unpaired) electrons. The first kappa shape index (κ1) is 18.9. The predicted molar refractivity (Wildman–Crippen MR) is 86.6 cm³/mol. The van der Waals surface area contributed by atoms with Gasteiger partial charge in [-0.1, -0.05) is 0 Å². The average molecular weight is 344 g/mol. The molecule has 0 aliphatic carbocycles. The van der Waals surface area contributed by atoms with Crippen molar-refractivity contribution in [3.05, 3.63) is 0 Å². The topological polar surface area (TPSA) is 103 Å². The van der Waals surface area contributed by atoms with Crippen LogP contribution >= 0.6 is 0 Å². The first-order chi connectivity index (χ1) is 11.5. The van der Waals surface area contributed by atoms with Gasteiger partial charge in [-0.05, 0) is 0 Å². The van der Waals surface area contributed by atoms with Crippen LogP contribution in [0.4, 0.5) is 4.79 Å². The summed E-state index contributed by atoms with van der Waals surface area (Å²) in [7, 11) is 1.56. The number of nitrogens with one attached hydrogen (secondary N) is 2. The van der Waals surface area contributed by atoms with Gasteiger partial charge >= 0.3 is 6.03 Å². The van der Waals surface area contributed by atoms with Gasteiger partial charge in [-0.3, -0.25) is 9.69 Å². The lowest BCUT2D eigenvalue weighted by Gasteiger charge is -2.35. The quantitative estimate of drug-likeness (QED) is 0.493. The van der Waals surface area contributed by atoms with Crippen LogP contribution in [0.3, 0.4) is 0 Å². The Bertz CT molecular complexity index is 428. The largest absolute Gasteiger partial charge is 0.388 e. The monoisotopic (exact) mass is 344 g/mol. The third-order valence-corrected chi connectivity index (χ3v) is 4.45. The Kier molecular flexibility index (Phi) is 7.22. The van der Waals surface area contributed by atoms with Crippen LogP contribution in [-0.2, 0) is 14.3 Å². The van der Waals surface area contributed by atoms with Crippen LogP contribution in [0.5, 0.6) is 0 Å². The van der Waals surface area contributed by atoms with Crippen LogP contribution < -0.4 is 10.6 Å². The molecule has 0 aromatic carbocycles. The number of hydrogen-bond donors (Lipinski definition) is 3. The molecule has 2 heterocycles. The molecule has 3 N–H and O–H groups in total. The van der Waals surface area contributed by atoms with E-state index in [-0.39, 0.29) is 24.6 Å². The number of piperazine rings is 1. The third kappa shape index (κ3) is 5.30. The fraction of sp³-hybridized carbons (Fsp3) is 0.867. The minimum atomic E-state index is -0.746. The highest BCUT2D eigenvalue weighted by Crippen LogP contribution is 2.16. The number of ether oxygens (including phenoxy) is 2. The minimum Gasteiger partial charge on any atom is -0.388 e. The van der Waals surface area contributed by atoms with Crippen LogP contribution in [-0.4, -0.2) is 105 Å². The smallest absolute Gasteiger partial charge is 0.315 e. The summed E-state index contributed by atoms with van der Waals surface area (Å²) in [6.07, 6.45) is -1.08. The molecule has 2 aliphatic heterocycles. The predicted octanol–water partition coefficient (Wildman–Crippen LogP) is -1.78. The Morgan fingerprint density at radius 3 is 2.62 bits per heavy atom. The van der Waals surface area contributed by atoms with E-state index in [1.807, 2.05) is 4.90 Å². The summed E-state index contributed by atoms with van der Waals surface area (Å²) in [4.78, 5) is 27.0. The van der Waals surface area contributed by atoms with Gasteiger partial charge in [0.25, 0.3) is 0 Å². The molecule has 3 atom stereocenters. The van der Waals surface area contributed by atoms with E-state index in [2.05, 4.69) is 15.5 Å². The van der Waals surface area contributed by atoms with E-state index in [9.17, 15) is 14.7 Å². The van der Waals surface area contributed by atoms with Gasteiger partial charge in [0.05, 0.1) is 25.4 Å². The lowest BCUT2D eigenvalue weighted by atomic mass is 10.1. The van der Waals surface area contributed by atoms with E-state index in [1.165, 1.54) is 0 Å². The normalized spacial score (nSPS) is 28.0. The van der Waals surface area contributed by atoms with Gasteiger partial charge in [-0.15, -0.1) is 0 Å². The molecular weight excluding hydrogens is 316 g/mol. The zero-order valence-corrected chi connectivity index (χ0v) is 14.4. The van der Waals surface area contributed by atoms with Crippen LogP contribution in [0.1, 0.15) is 6.92 Å². The molecule has 0 aromatic rings. The molecule has 24 heavy (non-hydrogen) atoms. The number of aliphatic hydroxyl groups excluding tert-OH is 1. The van der Waals surface area contributed by atoms with Crippen molar-refractivity contribution in [1.29, 1.82) is 0 Å². The SMILES string of the molecule is COCCNC(=O)NC1COC(CN2CCN(C(C)=O)CC2)C1O. The van der Waals surface area contributed by atoms with E-state index in [1.54, 1.807) is 14.0 Å². The molecular formula is C15H28N4O5. The number of amides is 3. The van der Waals surface area contributed by atoms with Gasteiger partial charge in [-0.25, -0.2) is 4.79 Å². The van der Waals surface area contributed by atoms with Crippen LogP contribution in [0.2, 0.25) is 0 Å². The van der Waals surface area contributed by atoms with Crippen molar-refractivity contribution in [1.82, 2.24) is 20.4 Å². The third-order valence-electron chi connectivity index (χ3n) is 4.45. The molecule has 0 saturated carbocycles. The van der Waals surface area contributed by atoms with Crippen LogP contribution in [0.25, 0.3) is 0 Å². The number of aliphatic hydroxyl groups is 1. The molecule has 9 heteroatoms. The molecule has 0 bridgehead atoms. The summed E-state index contributed by atoms with van der Waals surface area (Å²) >= 11 is 0. The second kappa shape index (κ2) is 9.16. The van der Waals surface area contributed by atoms with Gasteiger partial charge in [0, 0.05) is 53.3 Å². The lowest BCUT2D eigenvalue weighted by molar-refractivity contribution is -0.130. The number of hydrogen-bond acceptors (Lipinski definition) is 6. The second-order valence-corrected chi connectivity index (χ2v) is 6.17. The molecule has 138 valence electrons. The van der Waals surface area contributed by atoms with Crippen molar-refractivity contribution in [2.24, 2.45) is 0 Å². The van der Waals surface area contributed by atoms with Crippen LogP contribution in [0, 0.1) is 0 Å². The van der Waals surface area contributed by atoms with Crippen molar-refractivity contribution in [3.8, 4) is 0 Å². The average Bonchev–Trinajstić information content (AvgIpc) is 2.89. The van der Waals surface area contributed by atoms with Crippen LogP contribution in [0.15, 0.2) is 0 Å². The Labute approximate surface area is 142 Å². The summed E-state index contributed by atoms with van der Waals surface area (Å²) in [5.74, 6) is 0.0931. The maximum atomic E-state index is 11.7. The molecule has 3 amide bonds. The van der Waals surface area contributed by atoms with E-state index in [4.69, 9.17) is 9.47 Å². The Morgan fingerprint density at radius 2 is 2.00 bits per heavy atom. The van der Waals surface area contributed by atoms with Crippen molar-refractivity contribution < 1.29 is 24.2 Å². The van der Waals surface area contributed by atoms with Gasteiger partial charge in [-0.2, -0.15) is 0 Å². The maximum absolute atomic E-state index is 11.7. The number of carbonyl (C=O) groups excluding carboxylic acids is 2. The standard InChI is InChI=1S/C15H28N4O5/c1-11(20)19-6-4-18(5-7-19)9-13-14(21)12(10-24-13)17-15(22)16-3-8-23-2/h12-14,21H,3-10H2,1-2H3,(H2,16,17,22). The number of carbonyl (C=O) groups is 2. The Morgan fingerprint density at radius 1 is 1.29 bits per heavy atom. The molecule has 2 fully saturated rings. The summed E-state index contributed by atoms with van der Waals surface area (Å²) < 4.78 is 10.5. The van der Waals surface area contributed by atoms with Gasteiger partial charge < -0.3 is 30.1 Å². The molecule has 2 rings (SSSR count). The summed E-state index contributed by atoms with van der Waals surface area (Å²) in [5, 5.41) is 15.7. The first-order valence-electron chi connectivity index (χ1n) is 8.32. The van der Waals surface area contributed by atoms with E-state index in [0.29, 0.717) is 32.8 Å². The Balaban J connectivity index is 1.71. The summed E-state index contributed by atoms with van der Waals surface area (Å²) in [5.41, 5.74) is 0. The number of methoxy groups -OCH3 is 1. The molecule has 9 nitrogen and oxygen atoms in total. The van der Waals surface area contributed by atoms with Gasteiger partial charge in [0.15, 0.2) is 0 Å². The first-order valence-corrected chi connectivity index (χ1v) is 8.32. The lowest BCUT2D eigenvalue weighted by Crippen LogP contribution is -2.53. The zero-order chi connectivity index (χ0) is 17.5. The Hall–Kier alpha value is -1.42. The van der Waals surface area contributed by atoms with Crippen molar-refractivity contribution in [3.63, 3.8) is 0 Å². The molecule has 3 unspecified atom stereocenters. The van der Waals surface area contributed by atoms with Gasteiger partial charge in [0.2, 0.25) is 5.91 Å². The highest BCUT2D eigenvalue weighted by Gasteiger charge is 2.38. The molecule has 0 aromatic heterocycles.